The van der Waals surface area contributed by atoms with Crippen LogP contribution in [-0.2, 0) is 4.79 Å². The van der Waals surface area contributed by atoms with Crippen molar-refractivity contribution in [1.29, 1.82) is 0 Å². The molecular weight excluding hydrogens is 246 g/mol. The van der Waals surface area contributed by atoms with Crippen molar-refractivity contribution in [3.63, 3.8) is 0 Å². The highest BCUT2D eigenvalue weighted by molar-refractivity contribution is 5.84. The highest BCUT2D eigenvalue weighted by Crippen LogP contribution is 2.61. The summed E-state index contributed by atoms with van der Waals surface area (Å²) in [5.74, 6) is 3.57. The molecule has 4 saturated carbocycles. The fourth-order valence-corrected chi connectivity index (χ4v) is 6.29. The molecule has 2 nitrogen and oxygen atoms in total. The van der Waals surface area contributed by atoms with Gasteiger partial charge in [0.05, 0.1) is 6.04 Å². The lowest BCUT2D eigenvalue weighted by Crippen LogP contribution is -2.47. The van der Waals surface area contributed by atoms with Crippen LogP contribution in [0.25, 0.3) is 0 Å². The van der Waals surface area contributed by atoms with Gasteiger partial charge >= 0.3 is 0 Å². The summed E-state index contributed by atoms with van der Waals surface area (Å²) in [7, 11) is 0. The van der Waals surface area contributed by atoms with E-state index in [1.54, 1.807) is 0 Å². The summed E-state index contributed by atoms with van der Waals surface area (Å²) in [6.45, 7) is 1.05. The molecule has 1 unspecified atom stereocenters. The molecule has 0 amide bonds. The van der Waals surface area contributed by atoms with Gasteiger partial charge in [-0.15, -0.1) is 0 Å². The molecule has 0 radical (unpaired) electrons. The van der Waals surface area contributed by atoms with Crippen LogP contribution in [0.3, 0.4) is 0 Å². The van der Waals surface area contributed by atoms with Crippen molar-refractivity contribution in [3.8, 4) is 0 Å². The summed E-state index contributed by atoms with van der Waals surface area (Å²) in [6.07, 6.45) is 14.5. The number of piperidine rings is 1. The summed E-state index contributed by atoms with van der Waals surface area (Å²) in [4.78, 5) is 12.4. The van der Waals surface area contributed by atoms with Gasteiger partial charge in [0.1, 0.15) is 5.78 Å². The standard InChI is InChI=1S/C18H29NO/c20-17(16-3-1-2-6-19-16)4-5-18-10-13-7-14(11-18)9-15(8-13)12-18/h13-16,19H,1-12H2. The number of nitrogens with one attached hydrogen (secondary N) is 1. The van der Waals surface area contributed by atoms with E-state index in [-0.39, 0.29) is 6.04 Å². The highest BCUT2D eigenvalue weighted by atomic mass is 16.1. The van der Waals surface area contributed by atoms with E-state index >= 15 is 0 Å². The predicted molar refractivity (Wildman–Crippen MR) is 80.5 cm³/mol. The van der Waals surface area contributed by atoms with Gasteiger partial charge in [0.25, 0.3) is 0 Å². The Morgan fingerprint density at radius 2 is 1.65 bits per heavy atom. The molecule has 1 saturated heterocycles. The third-order valence-electron chi connectivity index (χ3n) is 6.77. The number of rotatable bonds is 4. The maximum absolute atomic E-state index is 12.4. The molecule has 5 fully saturated rings. The Morgan fingerprint density at radius 1 is 1.00 bits per heavy atom. The molecule has 112 valence electrons. The minimum absolute atomic E-state index is 0.192. The average Bonchev–Trinajstić information content (AvgIpc) is 2.44. The first-order valence-corrected chi connectivity index (χ1v) is 8.99. The van der Waals surface area contributed by atoms with Crippen LogP contribution in [0.4, 0.5) is 0 Å². The van der Waals surface area contributed by atoms with E-state index in [1.807, 2.05) is 0 Å². The molecule has 4 aliphatic carbocycles. The maximum atomic E-state index is 12.4. The van der Waals surface area contributed by atoms with Crippen molar-refractivity contribution >= 4 is 5.78 Å². The van der Waals surface area contributed by atoms with Crippen molar-refractivity contribution in [1.82, 2.24) is 5.32 Å². The molecule has 2 heteroatoms. The van der Waals surface area contributed by atoms with Crippen molar-refractivity contribution < 1.29 is 4.79 Å². The fraction of sp³-hybridized carbons (Fsp3) is 0.944. The Balaban J connectivity index is 1.36. The van der Waals surface area contributed by atoms with Gasteiger partial charge in [0.15, 0.2) is 0 Å². The van der Waals surface area contributed by atoms with E-state index in [9.17, 15) is 4.79 Å². The second-order valence-electron chi connectivity index (χ2n) is 8.39. The summed E-state index contributed by atoms with van der Waals surface area (Å²) < 4.78 is 0. The number of hydrogen-bond acceptors (Lipinski definition) is 2. The molecule has 1 N–H and O–H groups in total. The first-order valence-electron chi connectivity index (χ1n) is 8.99. The molecule has 0 aromatic rings. The number of ketones is 1. The number of carbonyl (C=O) groups is 1. The van der Waals surface area contributed by atoms with Crippen LogP contribution < -0.4 is 5.32 Å². The van der Waals surface area contributed by atoms with Gasteiger partial charge in [-0.1, -0.05) is 6.42 Å². The molecule has 0 aromatic carbocycles. The molecule has 5 aliphatic rings. The van der Waals surface area contributed by atoms with E-state index in [4.69, 9.17) is 0 Å². The zero-order valence-electron chi connectivity index (χ0n) is 12.7. The quantitative estimate of drug-likeness (QED) is 0.847. The largest absolute Gasteiger partial charge is 0.307 e. The monoisotopic (exact) mass is 275 g/mol. The Hall–Kier alpha value is -0.370. The molecule has 0 spiro atoms. The van der Waals surface area contributed by atoms with Gasteiger partial charge in [0, 0.05) is 6.42 Å². The third kappa shape index (κ3) is 2.45. The number of hydrogen-bond donors (Lipinski definition) is 1. The van der Waals surface area contributed by atoms with Crippen molar-refractivity contribution in [2.75, 3.05) is 6.54 Å². The van der Waals surface area contributed by atoms with Gasteiger partial charge in [-0.3, -0.25) is 4.79 Å². The molecule has 20 heavy (non-hydrogen) atoms. The lowest BCUT2D eigenvalue weighted by atomic mass is 9.48. The van der Waals surface area contributed by atoms with Gasteiger partial charge in [-0.05, 0) is 87.5 Å². The zero-order valence-corrected chi connectivity index (χ0v) is 12.7. The fourth-order valence-electron chi connectivity index (χ4n) is 6.29. The first-order chi connectivity index (χ1) is 9.72. The molecule has 5 rings (SSSR count). The van der Waals surface area contributed by atoms with Crippen LogP contribution in [0.2, 0.25) is 0 Å². The van der Waals surface area contributed by atoms with E-state index in [0.29, 0.717) is 11.2 Å². The molecule has 0 aromatic heterocycles. The number of Topliss-reactive ketones (excluding diaryl/α,β-unsaturated/α-hetero) is 1. The Bertz CT molecular complexity index is 348. The van der Waals surface area contributed by atoms with Crippen molar-refractivity contribution in [2.45, 2.75) is 76.7 Å². The van der Waals surface area contributed by atoms with Gasteiger partial charge in [-0.25, -0.2) is 0 Å². The third-order valence-corrected chi connectivity index (χ3v) is 6.77. The predicted octanol–water partition coefficient (Wildman–Crippen LogP) is 3.69. The average molecular weight is 275 g/mol. The minimum atomic E-state index is 0.192. The van der Waals surface area contributed by atoms with Gasteiger partial charge < -0.3 is 5.32 Å². The molecular formula is C18H29NO. The Kier molecular flexibility index (Phi) is 3.41. The summed E-state index contributed by atoms with van der Waals surface area (Å²) in [5, 5.41) is 3.43. The second-order valence-corrected chi connectivity index (χ2v) is 8.39. The Morgan fingerprint density at radius 3 is 2.20 bits per heavy atom. The van der Waals surface area contributed by atoms with Crippen LogP contribution in [0.15, 0.2) is 0 Å². The lowest BCUT2D eigenvalue weighted by Gasteiger charge is -2.57. The van der Waals surface area contributed by atoms with Crippen LogP contribution in [0.5, 0.6) is 0 Å². The van der Waals surface area contributed by atoms with Crippen molar-refractivity contribution in [3.05, 3.63) is 0 Å². The molecule has 1 aliphatic heterocycles. The smallest absolute Gasteiger partial charge is 0.149 e. The maximum Gasteiger partial charge on any atom is 0.149 e. The Labute approximate surface area is 123 Å². The van der Waals surface area contributed by atoms with Gasteiger partial charge in [-0.2, -0.15) is 0 Å². The zero-order chi connectivity index (χ0) is 13.6. The highest BCUT2D eigenvalue weighted by Gasteiger charge is 2.50. The first kappa shape index (κ1) is 13.3. The van der Waals surface area contributed by atoms with Crippen molar-refractivity contribution in [2.24, 2.45) is 23.2 Å². The summed E-state index contributed by atoms with van der Waals surface area (Å²) in [6, 6.07) is 0.192. The van der Waals surface area contributed by atoms with E-state index in [1.165, 1.54) is 57.8 Å². The molecule has 1 atom stereocenters. The SMILES string of the molecule is O=C(CCC12CC3CC(CC(C3)C1)C2)C1CCCCN1. The van der Waals surface area contributed by atoms with Crippen LogP contribution in [0.1, 0.15) is 70.6 Å². The topological polar surface area (TPSA) is 29.1 Å². The van der Waals surface area contributed by atoms with Crippen LogP contribution >= 0.6 is 0 Å². The lowest BCUT2D eigenvalue weighted by molar-refractivity contribution is -0.124. The molecule has 1 heterocycles. The van der Waals surface area contributed by atoms with E-state index < -0.39 is 0 Å². The van der Waals surface area contributed by atoms with E-state index in [2.05, 4.69) is 5.32 Å². The van der Waals surface area contributed by atoms with Crippen LogP contribution in [-0.4, -0.2) is 18.4 Å². The van der Waals surface area contributed by atoms with Crippen LogP contribution in [0, 0.1) is 23.2 Å². The molecule has 4 bridgehead atoms. The van der Waals surface area contributed by atoms with E-state index in [0.717, 1.165) is 37.1 Å². The minimum Gasteiger partial charge on any atom is -0.307 e. The summed E-state index contributed by atoms with van der Waals surface area (Å²) >= 11 is 0. The number of carbonyl (C=O) groups excluding carboxylic acids is 1. The normalized spacial score (nSPS) is 46.6. The van der Waals surface area contributed by atoms with Gasteiger partial charge in [0.2, 0.25) is 0 Å². The summed E-state index contributed by atoms with van der Waals surface area (Å²) in [5.41, 5.74) is 0.582. The second kappa shape index (κ2) is 5.12.